The molecular weight excluding hydrogens is 174 g/mol. The molecule has 0 atom stereocenters. The highest BCUT2D eigenvalue weighted by Crippen LogP contribution is 2.65. The van der Waals surface area contributed by atoms with Crippen LogP contribution in [0.15, 0.2) is 0 Å². The maximum absolute atomic E-state index is 9.04. The molecule has 0 spiro atoms. The van der Waals surface area contributed by atoms with Crippen LogP contribution in [0.4, 0.5) is 0 Å². The number of hydrogen-bond acceptors (Lipinski definition) is 3. The van der Waals surface area contributed by atoms with Gasteiger partial charge in [-0.25, -0.2) is 0 Å². The highest BCUT2D eigenvalue weighted by atomic mass is 35.7. The lowest BCUT2D eigenvalue weighted by Gasteiger charge is -2.36. The lowest BCUT2D eigenvalue weighted by molar-refractivity contribution is 0.0347. The lowest BCUT2D eigenvalue weighted by Crippen LogP contribution is -2.29. The van der Waals surface area contributed by atoms with E-state index in [-0.39, 0.29) is 5.41 Å². The molecule has 0 aromatic heterocycles. The topological polar surface area (TPSA) is 38.7 Å². The Bertz CT molecular complexity index is 109. The average Bonchev–Trinajstić information content (AvgIpc) is 1.79. The SMILES string of the molecule is CC1(C)CO[P](O)(Cl)OC1. The van der Waals surface area contributed by atoms with Crippen molar-refractivity contribution in [2.24, 2.45) is 5.41 Å². The Morgan fingerprint density at radius 1 is 1.40 bits per heavy atom. The summed E-state index contributed by atoms with van der Waals surface area (Å²) in [6.07, 6.45) is 0. The van der Waals surface area contributed by atoms with E-state index in [1.54, 1.807) is 0 Å². The second-order valence-electron chi connectivity index (χ2n) is 3.16. The van der Waals surface area contributed by atoms with Crippen LogP contribution in [0.2, 0.25) is 0 Å². The molecule has 1 aliphatic heterocycles. The maximum Gasteiger partial charge on any atom is 0.328 e. The molecule has 1 rings (SSSR count). The first-order chi connectivity index (χ1) is 4.41. The molecule has 3 nitrogen and oxygen atoms in total. The molecule has 1 radical (unpaired) electrons. The summed E-state index contributed by atoms with van der Waals surface area (Å²) >= 11 is 5.42. The van der Waals surface area contributed by atoms with Crippen molar-refractivity contribution in [3.63, 3.8) is 0 Å². The summed E-state index contributed by atoms with van der Waals surface area (Å²) < 4.78 is 9.78. The Morgan fingerprint density at radius 3 is 2.10 bits per heavy atom. The summed E-state index contributed by atoms with van der Waals surface area (Å²) in [6.45, 7) is 4.90. The van der Waals surface area contributed by atoms with E-state index in [0.717, 1.165) is 0 Å². The summed E-state index contributed by atoms with van der Waals surface area (Å²) in [4.78, 5) is 9.04. The molecule has 0 aliphatic carbocycles. The molecule has 0 bridgehead atoms. The van der Waals surface area contributed by atoms with Crippen LogP contribution in [0, 0.1) is 5.41 Å². The van der Waals surface area contributed by atoms with Crippen molar-refractivity contribution in [1.82, 2.24) is 0 Å². The van der Waals surface area contributed by atoms with Crippen LogP contribution >= 0.6 is 18.5 Å². The van der Waals surface area contributed by atoms with Gasteiger partial charge in [-0.1, -0.05) is 13.8 Å². The molecule has 61 valence electrons. The summed E-state index contributed by atoms with van der Waals surface area (Å²) in [5, 5.41) is 0. The van der Waals surface area contributed by atoms with Crippen molar-refractivity contribution < 1.29 is 13.9 Å². The van der Waals surface area contributed by atoms with Crippen molar-refractivity contribution in [3.8, 4) is 0 Å². The molecule has 1 fully saturated rings. The highest BCUT2D eigenvalue weighted by molar-refractivity contribution is 7.86. The first-order valence-electron chi connectivity index (χ1n) is 3.02. The summed E-state index contributed by atoms with van der Waals surface area (Å²) in [5.41, 5.74) is -0.0267. The van der Waals surface area contributed by atoms with Gasteiger partial charge in [-0.15, -0.1) is 0 Å². The fraction of sp³-hybridized carbons (Fsp3) is 1.00. The number of halogens is 1. The van der Waals surface area contributed by atoms with E-state index in [2.05, 4.69) is 0 Å². The van der Waals surface area contributed by atoms with Crippen LogP contribution in [-0.2, 0) is 9.05 Å². The van der Waals surface area contributed by atoms with Gasteiger partial charge in [0.1, 0.15) is 0 Å². The van der Waals surface area contributed by atoms with Crippen LogP contribution in [0.3, 0.4) is 0 Å². The average molecular weight is 186 g/mol. The van der Waals surface area contributed by atoms with E-state index in [0.29, 0.717) is 13.2 Å². The second-order valence-corrected chi connectivity index (χ2v) is 5.86. The lowest BCUT2D eigenvalue weighted by atomic mass is 9.97. The van der Waals surface area contributed by atoms with Gasteiger partial charge >= 0.3 is 7.30 Å². The Kier molecular flexibility index (Phi) is 2.24. The zero-order valence-corrected chi connectivity index (χ0v) is 7.65. The number of hydrogen-bond donors (Lipinski definition) is 1. The summed E-state index contributed by atoms with van der Waals surface area (Å²) in [7, 11) is -2.94. The van der Waals surface area contributed by atoms with E-state index in [4.69, 9.17) is 25.2 Å². The van der Waals surface area contributed by atoms with Gasteiger partial charge < -0.3 is 13.9 Å². The third kappa shape index (κ3) is 2.33. The summed E-state index contributed by atoms with van der Waals surface area (Å²) in [6, 6.07) is 0. The van der Waals surface area contributed by atoms with E-state index in [1.165, 1.54) is 0 Å². The minimum atomic E-state index is -2.94. The van der Waals surface area contributed by atoms with Crippen LogP contribution in [0.25, 0.3) is 0 Å². The van der Waals surface area contributed by atoms with Gasteiger partial charge in [0, 0.05) is 5.41 Å². The Hall–Kier alpha value is 0.600. The van der Waals surface area contributed by atoms with Gasteiger partial charge in [-0.2, -0.15) is 0 Å². The van der Waals surface area contributed by atoms with Crippen molar-refractivity contribution in [1.29, 1.82) is 0 Å². The third-order valence-electron chi connectivity index (χ3n) is 1.23. The van der Waals surface area contributed by atoms with Crippen LogP contribution < -0.4 is 0 Å². The van der Waals surface area contributed by atoms with E-state index in [9.17, 15) is 0 Å². The molecule has 5 heteroatoms. The fourth-order valence-corrected chi connectivity index (χ4v) is 1.97. The smallest absolute Gasteiger partial charge is 0.324 e. The predicted molar refractivity (Wildman–Crippen MR) is 40.7 cm³/mol. The zero-order valence-electron chi connectivity index (χ0n) is 6.00. The molecule has 1 saturated heterocycles. The van der Waals surface area contributed by atoms with Crippen LogP contribution in [-0.4, -0.2) is 18.1 Å². The Balaban J connectivity index is 2.46. The molecule has 1 N–H and O–H groups in total. The quantitative estimate of drug-likeness (QED) is 0.587. The molecule has 1 heterocycles. The first kappa shape index (κ1) is 8.69. The van der Waals surface area contributed by atoms with Crippen LogP contribution in [0.1, 0.15) is 13.8 Å². The van der Waals surface area contributed by atoms with Crippen molar-refractivity contribution in [3.05, 3.63) is 0 Å². The molecule has 0 aromatic carbocycles. The third-order valence-corrected chi connectivity index (χ3v) is 2.71. The van der Waals surface area contributed by atoms with Gasteiger partial charge in [-0.05, 0) is 11.2 Å². The maximum atomic E-state index is 9.04. The molecule has 1 aliphatic rings. The first-order valence-corrected chi connectivity index (χ1v) is 5.50. The minimum Gasteiger partial charge on any atom is -0.324 e. The van der Waals surface area contributed by atoms with Gasteiger partial charge in [0.05, 0.1) is 13.2 Å². The van der Waals surface area contributed by atoms with Crippen molar-refractivity contribution in [2.75, 3.05) is 13.2 Å². The van der Waals surface area contributed by atoms with Gasteiger partial charge in [0.2, 0.25) is 0 Å². The molecule has 10 heavy (non-hydrogen) atoms. The minimum absolute atomic E-state index is 0.0267. The molecule has 0 amide bonds. The summed E-state index contributed by atoms with van der Waals surface area (Å²) in [5.74, 6) is 0. The molecular formula is C5H11ClO3P. The normalized spacial score (nSPS) is 30.0. The fourth-order valence-electron chi connectivity index (χ4n) is 0.588. The number of rotatable bonds is 0. The largest absolute Gasteiger partial charge is 0.328 e. The van der Waals surface area contributed by atoms with Gasteiger partial charge in [0.25, 0.3) is 0 Å². The van der Waals surface area contributed by atoms with Gasteiger partial charge in [0.15, 0.2) is 0 Å². The van der Waals surface area contributed by atoms with Crippen LogP contribution in [0.5, 0.6) is 0 Å². The van der Waals surface area contributed by atoms with E-state index in [1.807, 2.05) is 13.8 Å². The highest BCUT2D eigenvalue weighted by Gasteiger charge is 2.36. The second kappa shape index (κ2) is 2.58. The van der Waals surface area contributed by atoms with Crippen molar-refractivity contribution in [2.45, 2.75) is 13.8 Å². The van der Waals surface area contributed by atoms with Gasteiger partial charge in [-0.3, -0.25) is 0 Å². The molecule has 0 unspecified atom stereocenters. The molecule has 0 saturated carbocycles. The monoisotopic (exact) mass is 185 g/mol. The Morgan fingerprint density at radius 2 is 1.80 bits per heavy atom. The Labute approximate surface area is 65.7 Å². The van der Waals surface area contributed by atoms with E-state index < -0.39 is 7.30 Å². The van der Waals surface area contributed by atoms with Crippen molar-refractivity contribution >= 4 is 18.5 Å². The standard InChI is InChI=1S/C5H11ClO3P/c1-5(2)3-8-10(6,7)9-4-5/h7H,3-4H2,1-2H3. The molecule has 0 aromatic rings. The van der Waals surface area contributed by atoms with E-state index >= 15 is 0 Å². The zero-order chi connectivity index (χ0) is 7.83. The predicted octanol–water partition coefficient (Wildman–Crippen LogP) is 1.97.